The van der Waals surface area contributed by atoms with E-state index in [2.05, 4.69) is 15.0 Å². The largest absolute Gasteiger partial charge is 0.522 e. The van der Waals surface area contributed by atoms with E-state index in [9.17, 15) is 27.6 Å². The first kappa shape index (κ1) is 29.4. The molecule has 10 nitrogen and oxygen atoms in total. The van der Waals surface area contributed by atoms with Gasteiger partial charge in [0.05, 0.1) is 31.7 Å². The highest BCUT2D eigenvalue weighted by Gasteiger charge is 2.31. The topological polar surface area (TPSA) is 133 Å². The van der Waals surface area contributed by atoms with Crippen molar-refractivity contribution >= 4 is 29.2 Å². The summed E-state index contributed by atoms with van der Waals surface area (Å²) in [5.41, 5.74) is 0.625. The lowest BCUT2D eigenvalue weighted by Gasteiger charge is -2.22. The fourth-order valence-electron chi connectivity index (χ4n) is 4.05. The maximum atomic E-state index is 13.4. The Balaban J connectivity index is 1.75. The molecular weight excluding hydrogens is 571 g/mol. The van der Waals surface area contributed by atoms with E-state index < -0.39 is 42.9 Å². The molecule has 0 spiro atoms. The molecule has 0 saturated carbocycles. The van der Waals surface area contributed by atoms with Gasteiger partial charge in [-0.3, -0.25) is 18.9 Å². The molecule has 2 N–H and O–H groups in total. The van der Waals surface area contributed by atoms with Gasteiger partial charge in [0.2, 0.25) is 5.91 Å². The summed E-state index contributed by atoms with van der Waals surface area (Å²) in [6, 6.07) is 9.62. The molecule has 0 aliphatic heterocycles. The number of benzene rings is 2. The SMILES string of the molecule is COc1cn(C(CCOC(F)(F)F)C(=O)Nc2ccc(C(=O)O)cc2)c(=O)cc1-c1cc(Cl)ccc1-c1cnco1. The standard InChI is InChI=1S/C27H21ClF3N3O7/c1-39-23-13-34(24(35)11-20(23)19-10-16(28)4-7-18(19)22-12-32-14-40-22)21(8-9-41-27(29,30)31)25(36)33-17-5-2-15(3-6-17)26(37)38/h2-7,10-14,21H,8-9H2,1H3,(H,33,36)(H,37,38). The molecule has 0 saturated heterocycles. The first-order valence-electron chi connectivity index (χ1n) is 11.8. The van der Waals surface area contributed by atoms with Gasteiger partial charge in [0.1, 0.15) is 11.8 Å². The van der Waals surface area contributed by atoms with Crippen molar-refractivity contribution in [1.82, 2.24) is 9.55 Å². The van der Waals surface area contributed by atoms with Crippen molar-refractivity contribution in [3.05, 3.63) is 88.3 Å². The fraction of sp³-hybridized carbons (Fsp3) is 0.185. The van der Waals surface area contributed by atoms with Crippen molar-refractivity contribution in [2.24, 2.45) is 0 Å². The zero-order valence-electron chi connectivity index (χ0n) is 21.1. The zero-order valence-corrected chi connectivity index (χ0v) is 21.9. The Labute approximate surface area is 234 Å². The van der Waals surface area contributed by atoms with E-state index in [0.29, 0.717) is 21.9 Å². The summed E-state index contributed by atoms with van der Waals surface area (Å²) in [5.74, 6) is -1.55. The molecule has 4 rings (SSSR count). The van der Waals surface area contributed by atoms with Crippen LogP contribution in [0.5, 0.6) is 5.75 Å². The maximum Gasteiger partial charge on any atom is 0.522 e. The molecule has 1 unspecified atom stereocenters. The molecular formula is C27H21ClF3N3O7. The Morgan fingerprint density at radius 2 is 1.85 bits per heavy atom. The number of pyridine rings is 1. The summed E-state index contributed by atoms with van der Waals surface area (Å²) >= 11 is 6.22. The molecule has 2 aromatic heterocycles. The third kappa shape index (κ3) is 7.13. The number of halogens is 4. The Kier molecular flexibility index (Phi) is 8.79. The second-order valence-corrected chi connectivity index (χ2v) is 8.96. The predicted molar refractivity (Wildman–Crippen MR) is 141 cm³/mol. The lowest BCUT2D eigenvalue weighted by Crippen LogP contribution is -2.34. The number of nitrogens with one attached hydrogen (secondary N) is 1. The van der Waals surface area contributed by atoms with Crippen LogP contribution >= 0.6 is 11.6 Å². The van der Waals surface area contributed by atoms with Gasteiger partial charge in [-0.2, -0.15) is 0 Å². The number of carbonyl (C=O) groups is 2. The summed E-state index contributed by atoms with van der Waals surface area (Å²) in [6.45, 7) is -0.931. The van der Waals surface area contributed by atoms with Crippen molar-refractivity contribution in [1.29, 1.82) is 0 Å². The third-order valence-electron chi connectivity index (χ3n) is 5.93. The average molecular weight is 592 g/mol. The number of nitrogens with zero attached hydrogens (tertiary/aromatic N) is 2. The molecule has 1 atom stereocenters. The van der Waals surface area contributed by atoms with Gasteiger partial charge in [-0.15, -0.1) is 13.2 Å². The molecule has 1 amide bonds. The van der Waals surface area contributed by atoms with Crippen LogP contribution in [0.15, 0.2) is 76.5 Å². The van der Waals surface area contributed by atoms with Crippen molar-refractivity contribution in [3.8, 4) is 28.2 Å². The number of hydrogen-bond acceptors (Lipinski definition) is 7. The summed E-state index contributed by atoms with van der Waals surface area (Å²) in [6.07, 6.45) is -1.60. The molecule has 2 heterocycles. The van der Waals surface area contributed by atoms with Crippen LogP contribution < -0.4 is 15.6 Å². The van der Waals surface area contributed by atoms with Crippen molar-refractivity contribution in [2.75, 3.05) is 19.0 Å². The monoisotopic (exact) mass is 591 g/mol. The quantitative estimate of drug-likeness (QED) is 0.242. The van der Waals surface area contributed by atoms with Crippen LogP contribution in [-0.4, -0.2) is 46.6 Å². The first-order chi connectivity index (χ1) is 19.5. The maximum absolute atomic E-state index is 13.4. The van der Waals surface area contributed by atoms with E-state index in [-0.39, 0.29) is 22.6 Å². The van der Waals surface area contributed by atoms with Gasteiger partial charge in [-0.25, -0.2) is 9.78 Å². The number of ether oxygens (including phenoxy) is 2. The number of aromatic nitrogens is 2. The van der Waals surface area contributed by atoms with E-state index in [0.717, 1.165) is 10.6 Å². The second-order valence-electron chi connectivity index (χ2n) is 8.53. The highest BCUT2D eigenvalue weighted by molar-refractivity contribution is 6.31. The van der Waals surface area contributed by atoms with Crippen LogP contribution in [0.2, 0.25) is 5.02 Å². The normalized spacial score (nSPS) is 12.1. The van der Waals surface area contributed by atoms with E-state index in [1.54, 1.807) is 18.2 Å². The van der Waals surface area contributed by atoms with Gasteiger partial charge in [-0.05, 0) is 48.0 Å². The lowest BCUT2D eigenvalue weighted by atomic mass is 9.98. The highest BCUT2D eigenvalue weighted by Crippen LogP contribution is 2.38. The summed E-state index contributed by atoms with van der Waals surface area (Å²) in [7, 11) is 1.32. The Morgan fingerprint density at radius 3 is 2.46 bits per heavy atom. The number of carboxylic acids is 1. The van der Waals surface area contributed by atoms with Crippen LogP contribution in [0.4, 0.5) is 18.9 Å². The first-order valence-corrected chi connectivity index (χ1v) is 12.2. The number of alkyl halides is 3. The number of anilines is 1. The Morgan fingerprint density at radius 1 is 1.12 bits per heavy atom. The predicted octanol–water partition coefficient (Wildman–Crippen LogP) is 5.64. The summed E-state index contributed by atoms with van der Waals surface area (Å²) in [5, 5.41) is 11.9. The molecule has 0 aliphatic rings. The molecule has 2 aromatic carbocycles. The van der Waals surface area contributed by atoms with Gasteiger partial charge >= 0.3 is 12.3 Å². The summed E-state index contributed by atoms with van der Waals surface area (Å²) < 4.78 is 53.8. The minimum Gasteiger partial charge on any atom is -0.495 e. The smallest absolute Gasteiger partial charge is 0.495 e. The van der Waals surface area contributed by atoms with Crippen molar-refractivity contribution in [2.45, 2.75) is 18.8 Å². The van der Waals surface area contributed by atoms with Crippen molar-refractivity contribution in [3.63, 3.8) is 0 Å². The molecule has 214 valence electrons. The van der Waals surface area contributed by atoms with Gasteiger partial charge in [0, 0.05) is 34.3 Å². The number of carboxylic acid groups (broad SMARTS) is 1. The number of carbonyl (C=O) groups excluding carboxylic acids is 1. The summed E-state index contributed by atoms with van der Waals surface area (Å²) in [4.78, 5) is 41.6. The molecule has 14 heteroatoms. The second kappa shape index (κ2) is 12.3. The number of aromatic carboxylic acids is 1. The Bertz CT molecular complexity index is 1600. The molecule has 0 aliphatic carbocycles. The fourth-order valence-corrected chi connectivity index (χ4v) is 4.22. The van der Waals surface area contributed by atoms with Crippen LogP contribution in [0.3, 0.4) is 0 Å². The third-order valence-corrected chi connectivity index (χ3v) is 6.16. The minimum absolute atomic E-state index is 0.0413. The molecule has 41 heavy (non-hydrogen) atoms. The van der Waals surface area contributed by atoms with Gasteiger partial charge < -0.3 is 19.6 Å². The minimum atomic E-state index is -4.95. The number of hydrogen-bond donors (Lipinski definition) is 2. The van der Waals surface area contributed by atoms with Crippen LogP contribution in [0, 0.1) is 0 Å². The van der Waals surface area contributed by atoms with E-state index in [1.165, 1.54) is 50.2 Å². The van der Waals surface area contributed by atoms with Gasteiger partial charge in [-0.1, -0.05) is 11.6 Å². The van der Waals surface area contributed by atoms with Crippen LogP contribution in [-0.2, 0) is 9.53 Å². The van der Waals surface area contributed by atoms with Crippen molar-refractivity contribution < 1.29 is 41.8 Å². The van der Waals surface area contributed by atoms with E-state index >= 15 is 0 Å². The number of oxazole rings is 1. The van der Waals surface area contributed by atoms with Crippen LogP contribution in [0.1, 0.15) is 22.8 Å². The average Bonchev–Trinajstić information content (AvgIpc) is 3.46. The number of rotatable bonds is 10. The molecule has 0 fully saturated rings. The lowest BCUT2D eigenvalue weighted by molar-refractivity contribution is -0.325. The molecule has 0 radical (unpaired) electrons. The van der Waals surface area contributed by atoms with E-state index in [4.69, 9.17) is 25.9 Å². The van der Waals surface area contributed by atoms with Crippen LogP contribution in [0.25, 0.3) is 22.5 Å². The van der Waals surface area contributed by atoms with Gasteiger partial charge in [0.15, 0.2) is 12.2 Å². The van der Waals surface area contributed by atoms with E-state index in [1.807, 2.05) is 0 Å². The Hall–Kier alpha value is -4.62. The molecule has 4 aromatic rings. The highest BCUT2D eigenvalue weighted by atomic mass is 35.5. The zero-order chi connectivity index (χ0) is 29.7. The molecule has 0 bridgehead atoms. The number of methoxy groups -OCH3 is 1. The van der Waals surface area contributed by atoms with Gasteiger partial charge in [0.25, 0.3) is 5.56 Å². The number of amides is 1.